The first-order chi connectivity index (χ1) is 8.67. The van der Waals surface area contributed by atoms with Gasteiger partial charge in [-0.05, 0) is 24.3 Å². The van der Waals surface area contributed by atoms with Gasteiger partial charge in [-0.25, -0.2) is 4.98 Å². The van der Waals surface area contributed by atoms with Crippen LogP contribution in [0.15, 0.2) is 42.6 Å². The summed E-state index contributed by atoms with van der Waals surface area (Å²) in [4.78, 5) is 4.12. The molecular weight excluding hydrogens is 293 g/mol. The van der Waals surface area contributed by atoms with Gasteiger partial charge in [0.15, 0.2) is 0 Å². The van der Waals surface area contributed by atoms with Crippen LogP contribution in [0.2, 0.25) is 5.02 Å². The van der Waals surface area contributed by atoms with Gasteiger partial charge in [-0.15, -0.1) is 23.2 Å². The highest BCUT2D eigenvalue weighted by Gasteiger charge is 1.98. The third-order valence-corrected chi connectivity index (χ3v) is 2.17. The lowest BCUT2D eigenvalue weighted by Gasteiger charge is -2.07. The molecule has 0 aliphatic carbocycles. The first kappa shape index (κ1) is 14.9. The Morgan fingerprint density at radius 3 is 2.33 bits per heavy atom. The van der Waals surface area contributed by atoms with Gasteiger partial charge in [0.2, 0.25) is 0 Å². The van der Waals surface area contributed by atoms with Crippen molar-refractivity contribution in [2.75, 3.05) is 16.4 Å². The summed E-state index contributed by atoms with van der Waals surface area (Å²) in [5, 5.41) is 3.91. The average Bonchev–Trinajstić information content (AvgIpc) is 2.36. The number of hydrogen-bond donors (Lipinski definition) is 2. The second-order valence-corrected chi connectivity index (χ2v) is 4.42. The van der Waals surface area contributed by atoms with Crippen molar-refractivity contribution in [2.45, 2.75) is 0 Å². The van der Waals surface area contributed by atoms with Crippen molar-refractivity contribution in [1.82, 2.24) is 4.98 Å². The van der Waals surface area contributed by atoms with E-state index in [4.69, 9.17) is 40.5 Å². The number of aromatic nitrogens is 1. The number of alkyl halides is 2. The van der Waals surface area contributed by atoms with Crippen LogP contribution < -0.4 is 11.1 Å². The number of nitrogens with two attached hydrogens (primary N) is 1. The van der Waals surface area contributed by atoms with Crippen LogP contribution in [0.25, 0.3) is 0 Å². The topological polar surface area (TPSA) is 50.9 Å². The number of nitrogens with one attached hydrogen (secondary N) is 1. The maximum atomic E-state index is 5.78. The van der Waals surface area contributed by atoms with Crippen molar-refractivity contribution in [3.63, 3.8) is 0 Å². The van der Waals surface area contributed by atoms with Gasteiger partial charge in [0.05, 0.1) is 21.7 Å². The molecule has 0 aliphatic rings. The van der Waals surface area contributed by atoms with Gasteiger partial charge < -0.3 is 11.1 Å². The highest BCUT2D eigenvalue weighted by atomic mass is 35.5. The molecule has 2 aromatic rings. The van der Waals surface area contributed by atoms with E-state index in [0.717, 1.165) is 11.5 Å². The highest BCUT2D eigenvalue weighted by Crippen LogP contribution is 2.21. The molecule has 0 saturated heterocycles. The lowest BCUT2D eigenvalue weighted by atomic mass is 10.2. The Kier molecular flexibility index (Phi) is 6.65. The molecule has 0 spiro atoms. The smallest absolute Gasteiger partial charge is 0.130 e. The van der Waals surface area contributed by atoms with Crippen molar-refractivity contribution < 1.29 is 0 Å². The van der Waals surface area contributed by atoms with Gasteiger partial charge in [-0.3, -0.25) is 0 Å². The van der Waals surface area contributed by atoms with E-state index in [0.29, 0.717) is 10.7 Å². The largest absolute Gasteiger partial charge is 0.397 e. The molecule has 2 rings (SSSR count). The number of hydrogen-bond acceptors (Lipinski definition) is 3. The Bertz CT molecular complexity index is 474. The first-order valence-electron chi connectivity index (χ1n) is 5.02. The van der Waals surface area contributed by atoms with Crippen molar-refractivity contribution >= 4 is 52.0 Å². The molecule has 0 radical (unpaired) electrons. The van der Waals surface area contributed by atoms with E-state index < -0.39 is 0 Å². The number of pyridine rings is 1. The molecule has 96 valence electrons. The lowest BCUT2D eigenvalue weighted by molar-refractivity contribution is 1.31. The van der Waals surface area contributed by atoms with E-state index in [-0.39, 0.29) is 5.34 Å². The van der Waals surface area contributed by atoms with Gasteiger partial charge in [0.1, 0.15) is 5.82 Å². The minimum absolute atomic E-state index is 0.194. The molecule has 1 heterocycles. The Labute approximate surface area is 121 Å². The SMILES string of the molecule is ClCCl.Nc1ccccc1Nc1ccc(Cl)cn1. The number of benzene rings is 1. The highest BCUT2D eigenvalue weighted by molar-refractivity contribution is 6.40. The van der Waals surface area contributed by atoms with Crippen LogP contribution in [0.3, 0.4) is 0 Å². The van der Waals surface area contributed by atoms with Crippen LogP contribution in [0.1, 0.15) is 0 Å². The quantitative estimate of drug-likeness (QED) is 0.635. The van der Waals surface area contributed by atoms with Crippen LogP contribution in [0.5, 0.6) is 0 Å². The second-order valence-electron chi connectivity index (χ2n) is 3.17. The van der Waals surface area contributed by atoms with E-state index in [1.54, 1.807) is 18.3 Å². The number of para-hydroxylation sites is 2. The molecule has 0 unspecified atom stereocenters. The maximum absolute atomic E-state index is 5.78. The number of nitrogens with zero attached hydrogens (tertiary/aromatic N) is 1. The molecule has 0 bridgehead atoms. The van der Waals surface area contributed by atoms with Gasteiger partial charge in [-0.1, -0.05) is 23.7 Å². The fraction of sp³-hybridized carbons (Fsp3) is 0.0833. The Balaban J connectivity index is 0.000000492. The Morgan fingerprint density at radius 2 is 1.78 bits per heavy atom. The summed E-state index contributed by atoms with van der Waals surface area (Å²) in [5.74, 6) is 0.720. The van der Waals surface area contributed by atoms with Gasteiger partial charge in [0, 0.05) is 6.20 Å². The molecule has 0 amide bonds. The molecule has 0 aliphatic heterocycles. The zero-order chi connectivity index (χ0) is 13.4. The predicted molar refractivity (Wildman–Crippen MR) is 80.0 cm³/mol. The number of rotatable bonds is 2. The van der Waals surface area contributed by atoms with E-state index in [2.05, 4.69) is 10.3 Å². The molecule has 0 fully saturated rings. The Morgan fingerprint density at radius 1 is 1.11 bits per heavy atom. The minimum atomic E-state index is 0.194. The molecule has 1 aromatic heterocycles. The van der Waals surface area contributed by atoms with Gasteiger partial charge in [-0.2, -0.15) is 0 Å². The van der Waals surface area contributed by atoms with Crippen molar-refractivity contribution in [3.05, 3.63) is 47.6 Å². The molecule has 3 N–H and O–H groups in total. The lowest BCUT2D eigenvalue weighted by Crippen LogP contribution is -1.97. The van der Waals surface area contributed by atoms with Crippen molar-refractivity contribution in [3.8, 4) is 0 Å². The van der Waals surface area contributed by atoms with Crippen LogP contribution in [-0.2, 0) is 0 Å². The first-order valence-corrected chi connectivity index (χ1v) is 6.47. The molecule has 3 nitrogen and oxygen atoms in total. The third-order valence-electron chi connectivity index (χ3n) is 1.95. The monoisotopic (exact) mass is 303 g/mol. The van der Waals surface area contributed by atoms with Gasteiger partial charge >= 0.3 is 0 Å². The number of nitrogen functional groups attached to an aromatic ring is 1. The van der Waals surface area contributed by atoms with E-state index in [1.165, 1.54) is 0 Å². The zero-order valence-corrected chi connectivity index (χ0v) is 11.7. The third kappa shape index (κ3) is 5.00. The van der Waals surface area contributed by atoms with Gasteiger partial charge in [0.25, 0.3) is 0 Å². The summed E-state index contributed by atoms with van der Waals surface area (Å²) < 4.78 is 0. The molecule has 1 aromatic carbocycles. The average molecular weight is 305 g/mol. The normalized spacial score (nSPS) is 9.28. The molecule has 18 heavy (non-hydrogen) atoms. The molecule has 6 heteroatoms. The summed E-state index contributed by atoms with van der Waals surface area (Å²) >= 11 is 15.3. The van der Waals surface area contributed by atoms with Crippen molar-refractivity contribution in [1.29, 1.82) is 0 Å². The summed E-state index contributed by atoms with van der Waals surface area (Å²) in [5.41, 5.74) is 7.31. The summed E-state index contributed by atoms with van der Waals surface area (Å²) in [7, 11) is 0. The van der Waals surface area contributed by atoms with Crippen LogP contribution in [0, 0.1) is 0 Å². The van der Waals surface area contributed by atoms with Crippen LogP contribution in [-0.4, -0.2) is 10.3 Å². The van der Waals surface area contributed by atoms with E-state index in [1.807, 2.05) is 24.3 Å². The predicted octanol–water partition coefficient (Wildman–Crippen LogP) is 4.48. The Hall–Kier alpha value is -1.16. The van der Waals surface area contributed by atoms with E-state index >= 15 is 0 Å². The number of anilines is 3. The summed E-state index contributed by atoms with van der Waals surface area (Å²) in [6.07, 6.45) is 1.59. The standard InChI is InChI=1S/C11H10ClN3.CH2Cl2/c12-8-5-6-11(14-7-8)15-10-4-2-1-3-9(10)13;2-1-3/h1-7H,13H2,(H,14,15);1H2. The van der Waals surface area contributed by atoms with Crippen LogP contribution in [0.4, 0.5) is 17.2 Å². The zero-order valence-electron chi connectivity index (χ0n) is 9.41. The molecule has 0 atom stereocenters. The van der Waals surface area contributed by atoms with Crippen LogP contribution >= 0.6 is 34.8 Å². The van der Waals surface area contributed by atoms with E-state index in [9.17, 15) is 0 Å². The fourth-order valence-electron chi connectivity index (χ4n) is 1.20. The summed E-state index contributed by atoms with van der Waals surface area (Å²) in [6.45, 7) is 0. The second kappa shape index (κ2) is 8.03. The summed E-state index contributed by atoms with van der Waals surface area (Å²) in [6, 6.07) is 11.1. The minimum Gasteiger partial charge on any atom is -0.397 e. The number of halogens is 3. The molecule has 0 saturated carbocycles. The van der Waals surface area contributed by atoms with Crippen molar-refractivity contribution in [2.24, 2.45) is 0 Å². The molecular formula is C12H12Cl3N3. The maximum Gasteiger partial charge on any atom is 0.130 e. The fourth-order valence-corrected chi connectivity index (χ4v) is 1.31.